The third-order valence-electron chi connectivity index (χ3n) is 4.41. The third kappa shape index (κ3) is 3.14. The molecule has 0 aromatic carbocycles. The van der Waals surface area contributed by atoms with Gasteiger partial charge in [-0.3, -0.25) is 9.89 Å². The number of nitrogens with zero attached hydrogens (tertiary/aromatic N) is 2. The van der Waals surface area contributed by atoms with Crippen LogP contribution in [0.1, 0.15) is 36.2 Å². The van der Waals surface area contributed by atoms with Crippen molar-refractivity contribution < 1.29 is 19.4 Å². The van der Waals surface area contributed by atoms with Gasteiger partial charge in [-0.15, -0.1) is 0 Å². The zero-order valence-corrected chi connectivity index (χ0v) is 12.5. The SMILES string of the molecule is O=C(O)[C@@H]1CN(C(=O)CCc2n[nH]c3c2CCCC3)CCO1. The zero-order valence-electron chi connectivity index (χ0n) is 12.5. The van der Waals surface area contributed by atoms with Crippen molar-refractivity contribution >= 4 is 11.9 Å². The molecule has 2 aliphatic rings. The lowest BCUT2D eigenvalue weighted by molar-refractivity contribution is -0.159. The largest absolute Gasteiger partial charge is 0.479 e. The summed E-state index contributed by atoms with van der Waals surface area (Å²) in [6, 6.07) is 0. The third-order valence-corrected chi connectivity index (χ3v) is 4.41. The smallest absolute Gasteiger partial charge is 0.334 e. The maximum atomic E-state index is 12.3. The number of hydrogen-bond acceptors (Lipinski definition) is 4. The van der Waals surface area contributed by atoms with E-state index in [4.69, 9.17) is 9.84 Å². The van der Waals surface area contributed by atoms with Crippen LogP contribution in [0.3, 0.4) is 0 Å². The van der Waals surface area contributed by atoms with Crippen LogP contribution in [0.4, 0.5) is 0 Å². The van der Waals surface area contributed by atoms with Crippen LogP contribution in [0, 0.1) is 0 Å². The summed E-state index contributed by atoms with van der Waals surface area (Å²) < 4.78 is 5.13. The van der Waals surface area contributed by atoms with Crippen molar-refractivity contribution in [1.29, 1.82) is 0 Å². The number of aryl methyl sites for hydroxylation is 2. The van der Waals surface area contributed by atoms with E-state index in [-0.39, 0.29) is 19.1 Å². The first kappa shape index (κ1) is 15.0. The van der Waals surface area contributed by atoms with E-state index in [2.05, 4.69) is 10.2 Å². The molecule has 0 spiro atoms. The first-order valence-corrected chi connectivity index (χ1v) is 7.82. The maximum absolute atomic E-state index is 12.3. The predicted molar refractivity (Wildman–Crippen MR) is 77.5 cm³/mol. The first-order chi connectivity index (χ1) is 10.6. The summed E-state index contributed by atoms with van der Waals surface area (Å²) in [7, 11) is 0. The number of carbonyl (C=O) groups is 2. The number of carboxylic acids is 1. The number of morpholine rings is 1. The molecule has 120 valence electrons. The number of carbonyl (C=O) groups excluding carboxylic acids is 1. The Hall–Kier alpha value is -1.89. The van der Waals surface area contributed by atoms with Gasteiger partial charge in [-0.25, -0.2) is 4.79 Å². The second-order valence-corrected chi connectivity index (χ2v) is 5.87. The molecule has 3 rings (SSSR count). The van der Waals surface area contributed by atoms with E-state index in [0.29, 0.717) is 19.4 Å². The predicted octanol–water partition coefficient (Wildman–Crippen LogP) is 0.533. The summed E-state index contributed by atoms with van der Waals surface area (Å²) in [5.74, 6) is -1.04. The Morgan fingerprint density at radius 3 is 3.00 bits per heavy atom. The van der Waals surface area contributed by atoms with E-state index in [0.717, 1.165) is 18.5 Å². The molecule has 0 radical (unpaired) electrons. The molecule has 1 aliphatic carbocycles. The van der Waals surface area contributed by atoms with Crippen LogP contribution in [0.2, 0.25) is 0 Å². The van der Waals surface area contributed by atoms with Gasteiger partial charge in [0, 0.05) is 25.1 Å². The van der Waals surface area contributed by atoms with E-state index >= 15 is 0 Å². The molecule has 1 saturated heterocycles. The number of aromatic amines is 1. The van der Waals surface area contributed by atoms with Crippen LogP contribution < -0.4 is 0 Å². The Balaban J connectivity index is 1.56. The monoisotopic (exact) mass is 307 g/mol. The number of carboxylic acid groups (broad SMARTS) is 1. The van der Waals surface area contributed by atoms with Crippen molar-refractivity contribution in [1.82, 2.24) is 15.1 Å². The molecule has 0 unspecified atom stereocenters. The normalized spacial score (nSPS) is 21.5. The number of ether oxygens (including phenoxy) is 1. The molecule has 7 nitrogen and oxygen atoms in total. The average Bonchev–Trinajstić information content (AvgIpc) is 2.96. The molecule has 0 bridgehead atoms. The summed E-state index contributed by atoms with van der Waals surface area (Å²) in [6.07, 6.45) is 4.52. The molecule has 22 heavy (non-hydrogen) atoms. The van der Waals surface area contributed by atoms with Gasteiger partial charge >= 0.3 is 5.97 Å². The minimum Gasteiger partial charge on any atom is -0.479 e. The number of nitrogens with one attached hydrogen (secondary N) is 1. The van der Waals surface area contributed by atoms with E-state index in [9.17, 15) is 9.59 Å². The van der Waals surface area contributed by atoms with Gasteiger partial charge in [-0.2, -0.15) is 5.10 Å². The molecule has 0 saturated carbocycles. The fourth-order valence-electron chi connectivity index (χ4n) is 3.17. The Morgan fingerprint density at radius 1 is 1.36 bits per heavy atom. The van der Waals surface area contributed by atoms with Crippen LogP contribution in [-0.4, -0.2) is 57.9 Å². The second kappa shape index (κ2) is 6.48. The number of rotatable bonds is 4. The highest BCUT2D eigenvalue weighted by molar-refractivity contribution is 5.78. The molecule has 1 atom stereocenters. The molecular formula is C15H21N3O4. The second-order valence-electron chi connectivity index (χ2n) is 5.87. The topological polar surface area (TPSA) is 95.5 Å². The molecule has 1 aromatic rings. The highest BCUT2D eigenvalue weighted by atomic mass is 16.5. The standard InChI is InChI=1S/C15H21N3O4/c19-14(18-7-8-22-13(9-18)15(20)21)6-5-12-10-3-1-2-4-11(10)16-17-12/h13H,1-9H2,(H,16,17)(H,20,21)/t13-/m0/s1. The molecule has 1 amide bonds. The van der Waals surface area contributed by atoms with Crippen LogP contribution in [-0.2, 0) is 33.6 Å². The lowest BCUT2D eigenvalue weighted by Gasteiger charge is -2.30. The van der Waals surface area contributed by atoms with E-state index in [1.165, 1.54) is 24.1 Å². The average molecular weight is 307 g/mol. The highest BCUT2D eigenvalue weighted by Gasteiger charge is 2.29. The van der Waals surface area contributed by atoms with E-state index in [1.807, 2.05) is 0 Å². The van der Waals surface area contributed by atoms with Gasteiger partial charge in [0.25, 0.3) is 0 Å². The number of aromatic nitrogens is 2. The van der Waals surface area contributed by atoms with Gasteiger partial charge < -0.3 is 14.7 Å². The molecule has 2 heterocycles. The summed E-state index contributed by atoms with van der Waals surface area (Å²) in [5.41, 5.74) is 3.49. The summed E-state index contributed by atoms with van der Waals surface area (Å²) >= 11 is 0. The minimum absolute atomic E-state index is 0.0258. The van der Waals surface area contributed by atoms with Gasteiger partial charge in [0.05, 0.1) is 18.8 Å². The van der Waals surface area contributed by atoms with Crippen LogP contribution >= 0.6 is 0 Å². The number of H-pyrrole nitrogens is 1. The van der Waals surface area contributed by atoms with Gasteiger partial charge in [0.1, 0.15) is 0 Å². The zero-order chi connectivity index (χ0) is 15.5. The minimum atomic E-state index is -1.01. The van der Waals surface area contributed by atoms with Gasteiger partial charge in [0.15, 0.2) is 6.10 Å². The fraction of sp³-hybridized carbons (Fsp3) is 0.667. The van der Waals surface area contributed by atoms with Crippen molar-refractivity contribution in [3.8, 4) is 0 Å². The summed E-state index contributed by atoms with van der Waals surface area (Å²) in [5, 5.41) is 16.4. The summed E-state index contributed by atoms with van der Waals surface area (Å²) in [6.45, 7) is 0.870. The molecular weight excluding hydrogens is 286 g/mol. The number of aliphatic carboxylic acids is 1. The maximum Gasteiger partial charge on any atom is 0.334 e. The molecule has 1 aliphatic heterocycles. The van der Waals surface area contributed by atoms with E-state index < -0.39 is 12.1 Å². The Bertz CT molecular complexity index is 569. The van der Waals surface area contributed by atoms with Crippen molar-refractivity contribution in [2.45, 2.75) is 44.6 Å². The number of hydrogen-bond donors (Lipinski definition) is 2. The lowest BCUT2D eigenvalue weighted by Crippen LogP contribution is -2.48. The van der Waals surface area contributed by atoms with E-state index in [1.54, 1.807) is 4.90 Å². The molecule has 1 aromatic heterocycles. The van der Waals surface area contributed by atoms with Gasteiger partial charge in [-0.1, -0.05) is 0 Å². The van der Waals surface area contributed by atoms with Crippen molar-refractivity contribution in [2.24, 2.45) is 0 Å². The Labute approximate surface area is 128 Å². The van der Waals surface area contributed by atoms with Gasteiger partial charge in [-0.05, 0) is 31.2 Å². The Morgan fingerprint density at radius 2 is 2.18 bits per heavy atom. The lowest BCUT2D eigenvalue weighted by atomic mass is 9.94. The fourth-order valence-corrected chi connectivity index (χ4v) is 3.17. The van der Waals surface area contributed by atoms with Crippen LogP contribution in [0.15, 0.2) is 0 Å². The van der Waals surface area contributed by atoms with Crippen molar-refractivity contribution in [3.63, 3.8) is 0 Å². The summed E-state index contributed by atoms with van der Waals surface area (Å²) in [4.78, 5) is 24.8. The van der Waals surface area contributed by atoms with Crippen LogP contribution in [0.25, 0.3) is 0 Å². The Kier molecular flexibility index (Phi) is 4.42. The number of fused-ring (bicyclic) bond motifs is 1. The number of amides is 1. The quantitative estimate of drug-likeness (QED) is 0.846. The highest BCUT2D eigenvalue weighted by Crippen LogP contribution is 2.23. The first-order valence-electron chi connectivity index (χ1n) is 7.82. The van der Waals surface area contributed by atoms with Crippen LogP contribution in [0.5, 0.6) is 0 Å². The van der Waals surface area contributed by atoms with Gasteiger partial charge in [0.2, 0.25) is 5.91 Å². The van der Waals surface area contributed by atoms with Crippen molar-refractivity contribution in [2.75, 3.05) is 19.7 Å². The van der Waals surface area contributed by atoms with Crippen molar-refractivity contribution in [3.05, 3.63) is 17.0 Å². The molecule has 1 fully saturated rings. The molecule has 2 N–H and O–H groups in total. The molecule has 7 heteroatoms.